The molecule has 1 aromatic carbocycles. The van der Waals surface area contributed by atoms with Crippen molar-refractivity contribution in [3.63, 3.8) is 0 Å². The molecule has 0 heterocycles. The fourth-order valence-electron chi connectivity index (χ4n) is 1.78. The van der Waals surface area contributed by atoms with Gasteiger partial charge in [0, 0.05) is 12.6 Å². The summed E-state index contributed by atoms with van der Waals surface area (Å²) in [6.45, 7) is 3.62. The van der Waals surface area contributed by atoms with Crippen LogP contribution in [0.4, 0.5) is 0 Å². The van der Waals surface area contributed by atoms with Gasteiger partial charge < -0.3 is 10.6 Å². The second-order valence-corrected chi connectivity index (χ2v) is 4.63. The van der Waals surface area contributed by atoms with Gasteiger partial charge >= 0.3 is 0 Å². The van der Waals surface area contributed by atoms with E-state index < -0.39 is 6.04 Å². The van der Waals surface area contributed by atoms with Gasteiger partial charge in [-0.05, 0) is 25.3 Å². The molecule has 2 N–H and O–H groups in total. The van der Waals surface area contributed by atoms with Crippen LogP contribution in [0.3, 0.4) is 0 Å². The Kier molecular flexibility index (Phi) is 6.50. The molecule has 4 heteroatoms. The largest absolute Gasteiger partial charge is 0.357 e. The number of nitrogens with one attached hydrogen (secondary N) is 2. The molecule has 2 amide bonds. The molecule has 0 saturated heterocycles. The highest BCUT2D eigenvalue weighted by Crippen LogP contribution is 2.04. The molecule has 1 atom stereocenters. The van der Waals surface area contributed by atoms with Crippen LogP contribution < -0.4 is 10.6 Å². The first-order chi connectivity index (χ1) is 9.58. The summed E-state index contributed by atoms with van der Waals surface area (Å²) in [7, 11) is 1.56. The predicted molar refractivity (Wildman–Crippen MR) is 80.2 cm³/mol. The Bertz CT molecular complexity index is 481. The van der Waals surface area contributed by atoms with Gasteiger partial charge in [0.1, 0.15) is 6.04 Å². The summed E-state index contributed by atoms with van der Waals surface area (Å²) in [6.07, 6.45) is 3.15. The Hall–Kier alpha value is -2.10. The molecule has 0 radical (unpaired) electrons. The third-order valence-electron chi connectivity index (χ3n) is 3.12. The molecule has 0 bridgehead atoms. The molecule has 0 aliphatic carbocycles. The fourth-order valence-corrected chi connectivity index (χ4v) is 1.78. The van der Waals surface area contributed by atoms with Crippen LogP contribution in [0.25, 0.3) is 0 Å². The van der Waals surface area contributed by atoms with Gasteiger partial charge in [0.15, 0.2) is 0 Å². The Morgan fingerprint density at radius 2 is 1.90 bits per heavy atom. The Morgan fingerprint density at radius 3 is 2.45 bits per heavy atom. The number of carbonyl (C=O) groups excluding carboxylic acids is 2. The van der Waals surface area contributed by atoms with Crippen LogP contribution in [-0.2, 0) is 16.0 Å². The molecular formula is C16H22N2O2. The topological polar surface area (TPSA) is 58.2 Å². The molecule has 0 aliphatic rings. The van der Waals surface area contributed by atoms with Crippen LogP contribution in [0.5, 0.6) is 0 Å². The molecule has 4 nitrogen and oxygen atoms in total. The van der Waals surface area contributed by atoms with Gasteiger partial charge in [0.05, 0.1) is 0 Å². The van der Waals surface area contributed by atoms with Crippen molar-refractivity contribution in [1.29, 1.82) is 0 Å². The minimum absolute atomic E-state index is 0.170. The van der Waals surface area contributed by atoms with E-state index in [4.69, 9.17) is 0 Å². The van der Waals surface area contributed by atoms with E-state index in [1.807, 2.05) is 43.3 Å². The highest BCUT2D eigenvalue weighted by Gasteiger charge is 2.17. The lowest BCUT2D eigenvalue weighted by molar-refractivity contribution is -0.127. The summed E-state index contributed by atoms with van der Waals surface area (Å²) in [4.78, 5) is 23.5. The van der Waals surface area contributed by atoms with E-state index in [1.54, 1.807) is 14.0 Å². The molecule has 1 aromatic rings. The van der Waals surface area contributed by atoms with E-state index in [9.17, 15) is 9.59 Å². The summed E-state index contributed by atoms with van der Waals surface area (Å²) in [6, 6.07) is 9.45. The fraction of sp³-hybridized carbons (Fsp3) is 0.375. The lowest BCUT2D eigenvalue weighted by Crippen LogP contribution is -2.45. The van der Waals surface area contributed by atoms with Crippen molar-refractivity contribution in [3.8, 4) is 0 Å². The maximum Gasteiger partial charge on any atom is 0.247 e. The highest BCUT2D eigenvalue weighted by molar-refractivity contribution is 5.96. The quantitative estimate of drug-likeness (QED) is 0.777. The number of hydrogen-bond donors (Lipinski definition) is 2. The summed E-state index contributed by atoms with van der Waals surface area (Å²) in [5, 5.41) is 5.28. The van der Waals surface area contributed by atoms with E-state index in [-0.39, 0.29) is 11.8 Å². The minimum Gasteiger partial charge on any atom is -0.357 e. The normalized spacial score (nSPS) is 12.7. The van der Waals surface area contributed by atoms with E-state index >= 15 is 0 Å². The number of allylic oxidation sites excluding steroid dienone is 1. The van der Waals surface area contributed by atoms with Crippen molar-refractivity contribution in [1.82, 2.24) is 10.6 Å². The average molecular weight is 274 g/mol. The number of carbonyl (C=O) groups is 2. The summed E-state index contributed by atoms with van der Waals surface area (Å²) in [5.74, 6) is -0.368. The van der Waals surface area contributed by atoms with Crippen molar-refractivity contribution in [2.24, 2.45) is 0 Å². The van der Waals surface area contributed by atoms with Crippen molar-refractivity contribution < 1.29 is 9.59 Å². The van der Waals surface area contributed by atoms with E-state index in [0.29, 0.717) is 18.4 Å². The van der Waals surface area contributed by atoms with Crippen LogP contribution in [0.2, 0.25) is 0 Å². The molecular weight excluding hydrogens is 252 g/mol. The average Bonchev–Trinajstić information content (AvgIpc) is 2.50. The molecule has 0 aromatic heterocycles. The van der Waals surface area contributed by atoms with Gasteiger partial charge in [0.25, 0.3) is 0 Å². The first-order valence-electron chi connectivity index (χ1n) is 6.81. The van der Waals surface area contributed by atoms with Crippen LogP contribution >= 0.6 is 0 Å². The zero-order valence-corrected chi connectivity index (χ0v) is 12.3. The summed E-state index contributed by atoms with van der Waals surface area (Å²) < 4.78 is 0. The Labute approximate surface area is 120 Å². The van der Waals surface area contributed by atoms with Gasteiger partial charge in [-0.15, -0.1) is 0 Å². The van der Waals surface area contributed by atoms with Crippen LogP contribution in [0.1, 0.15) is 25.8 Å². The third kappa shape index (κ3) is 4.88. The summed E-state index contributed by atoms with van der Waals surface area (Å²) >= 11 is 0. The zero-order chi connectivity index (χ0) is 15.0. The standard InChI is InChI=1S/C16H22N2O2/c1-4-14(16(20)17-3)18-15(19)12(2)10-11-13-8-6-5-7-9-13/h5-10,14H,4,11H2,1-3H3,(H,17,20)(H,18,19)/b12-10+/t14-/m0/s1. The third-order valence-corrected chi connectivity index (χ3v) is 3.12. The van der Waals surface area contributed by atoms with Gasteiger partial charge in [-0.1, -0.05) is 43.3 Å². The van der Waals surface area contributed by atoms with Crippen molar-refractivity contribution in [2.45, 2.75) is 32.7 Å². The van der Waals surface area contributed by atoms with Crippen molar-refractivity contribution in [3.05, 3.63) is 47.5 Å². The number of amides is 2. The van der Waals surface area contributed by atoms with Gasteiger partial charge in [-0.25, -0.2) is 0 Å². The second-order valence-electron chi connectivity index (χ2n) is 4.63. The van der Waals surface area contributed by atoms with Crippen LogP contribution in [0.15, 0.2) is 42.0 Å². The van der Waals surface area contributed by atoms with Crippen molar-refractivity contribution >= 4 is 11.8 Å². The summed E-state index contributed by atoms with van der Waals surface area (Å²) in [5.41, 5.74) is 1.77. The molecule has 0 spiro atoms. The Morgan fingerprint density at radius 1 is 1.25 bits per heavy atom. The first-order valence-corrected chi connectivity index (χ1v) is 6.81. The molecule has 108 valence electrons. The SMILES string of the molecule is CC[C@H](NC(=O)/C(C)=C/Cc1ccccc1)C(=O)NC. The van der Waals surface area contributed by atoms with Crippen molar-refractivity contribution in [2.75, 3.05) is 7.05 Å². The van der Waals surface area contributed by atoms with E-state index in [0.717, 1.165) is 5.56 Å². The number of rotatable bonds is 6. The smallest absolute Gasteiger partial charge is 0.247 e. The number of benzene rings is 1. The molecule has 0 saturated carbocycles. The van der Waals surface area contributed by atoms with E-state index in [2.05, 4.69) is 10.6 Å². The highest BCUT2D eigenvalue weighted by atomic mass is 16.2. The number of likely N-dealkylation sites (N-methyl/N-ethyl adjacent to an activating group) is 1. The van der Waals surface area contributed by atoms with Gasteiger partial charge in [0.2, 0.25) is 11.8 Å². The molecule has 0 fully saturated rings. The maximum atomic E-state index is 12.0. The van der Waals surface area contributed by atoms with Gasteiger partial charge in [-0.3, -0.25) is 9.59 Å². The monoisotopic (exact) mass is 274 g/mol. The molecule has 0 unspecified atom stereocenters. The van der Waals surface area contributed by atoms with E-state index in [1.165, 1.54) is 0 Å². The molecule has 20 heavy (non-hydrogen) atoms. The lowest BCUT2D eigenvalue weighted by atomic mass is 10.1. The van der Waals surface area contributed by atoms with Gasteiger partial charge in [-0.2, -0.15) is 0 Å². The molecule has 0 aliphatic heterocycles. The Balaban J connectivity index is 2.60. The molecule has 1 rings (SSSR count). The lowest BCUT2D eigenvalue weighted by Gasteiger charge is -2.15. The number of hydrogen-bond acceptors (Lipinski definition) is 2. The minimum atomic E-state index is -0.479. The predicted octanol–water partition coefficient (Wildman–Crippen LogP) is 1.82. The van der Waals surface area contributed by atoms with Crippen LogP contribution in [-0.4, -0.2) is 24.9 Å². The first kappa shape index (κ1) is 16.0. The maximum absolute atomic E-state index is 12.0. The zero-order valence-electron chi connectivity index (χ0n) is 12.3. The van der Waals surface area contributed by atoms with Crippen LogP contribution in [0, 0.1) is 0 Å². The second kappa shape index (κ2) is 8.15.